The van der Waals surface area contributed by atoms with Gasteiger partial charge in [0.25, 0.3) is 0 Å². The van der Waals surface area contributed by atoms with Gasteiger partial charge in [0.05, 0.1) is 6.07 Å². The van der Waals surface area contributed by atoms with E-state index in [2.05, 4.69) is 0 Å². The average molecular weight is 1230 g/mol. The Balaban J connectivity index is -0.0000000111. The number of hydrogen-bond acceptors (Lipinski definition) is 7. The van der Waals surface area contributed by atoms with Crippen molar-refractivity contribution in [2.24, 2.45) is 0 Å². The Hall–Kier alpha value is 2.59. The predicted octanol–water partition coefficient (Wildman–Crippen LogP) is -7.81. The molecule has 0 heterocycles. The fourth-order valence-electron chi connectivity index (χ4n) is 0. The van der Waals surface area contributed by atoms with Crippen molar-refractivity contribution in [1.29, 1.82) is 5.26 Å². The predicted molar refractivity (Wildman–Crippen MR) is 98.8 cm³/mol. The van der Waals surface area contributed by atoms with Crippen molar-refractivity contribution in [1.82, 2.24) is 0 Å². The van der Waals surface area contributed by atoms with Crippen LogP contribution in [0.4, 0.5) is 28.2 Å². The van der Waals surface area contributed by atoms with E-state index in [0.717, 1.165) is 0 Å². The Morgan fingerprint density at radius 1 is 0.412 bits per heavy atom. The van der Waals surface area contributed by atoms with Crippen molar-refractivity contribution in [2.75, 3.05) is 0 Å². The second-order valence-electron chi connectivity index (χ2n) is 1.74. The van der Waals surface area contributed by atoms with Crippen LogP contribution in [0, 0.1) is 11.3 Å². The zero-order chi connectivity index (χ0) is 24.2. The molecule has 0 rings (SSSR count). The van der Waals surface area contributed by atoms with Gasteiger partial charge in [-0.1, -0.05) is 0 Å². The van der Waals surface area contributed by atoms with Crippen LogP contribution in [-0.4, -0.2) is 167 Å². The normalized spacial score (nSPS) is 4.82. The van der Waals surface area contributed by atoms with Gasteiger partial charge in [-0.3, -0.25) is 28.2 Å². The molecule has 0 saturated heterocycles. The van der Waals surface area contributed by atoms with Crippen LogP contribution >= 0.6 is 12.4 Å². The van der Waals surface area contributed by atoms with Crippen LogP contribution in [-0.2, 0) is 18.1 Å². The molecule has 32 heteroatoms. The van der Waals surface area contributed by atoms with Crippen LogP contribution in [0.15, 0.2) is 0 Å². The van der Waals surface area contributed by atoms with E-state index in [1.54, 1.807) is 6.07 Å². The first kappa shape index (κ1) is 90.8. The average Bonchev–Trinajstić information content (AvgIpc) is 2.22. The van der Waals surface area contributed by atoms with Crippen LogP contribution in [0.5, 0.6) is 0 Å². The van der Waals surface area contributed by atoms with E-state index in [0.29, 0.717) is 0 Å². The summed E-state index contributed by atoms with van der Waals surface area (Å²) in [4.78, 5) is 0. The molecule has 19 nitrogen and oxygen atoms in total. The second kappa shape index (κ2) is 91.4. The second-order valence-corrected chi connectivity index (χ2v) is 10.4. The molecular weight excluding hydrogens is 1210 g/mol. The van der Waals surface area contributed by atoms with Gasteiger partial charge in [-0.05, 0) is 0 Å². The molecule has 0 aromatic carbocycles. The molecular formula is C2H22ClF6NO18Sb6. The van der Waals surface area contributed by atoms with E-state index >= 15 is 0 Å². The number of nitriles is 1. The van der Waals surface area contributed by atoms with Crippen molar-refractivity contribution in [3.05, 3.63) is 0 Å². The summed E-state index contributed by atoms with van der Waals surface area (Å²) >= 11 is -22.2. The Labute approximate surface area is 240 Å². The van der Waals surface area contributed by atoms with Gasteiger partial charge in [0, 0.05) is 6.92 Å². The molecule has 0 saturated carbocycles. The van der Waals surface area contributed by atoms with Gasteiger partial charge < -0.3 is 0 Å². The molecule has 12 N–H and O–H groups in total. The van der Waals surface area contributed by atoms with Crippen LogP contribution in [0.1, 0.15) is 6.92 Å². The molecule has 0 aliphatic rings. The van der Waals surface area contributed by atoms with Crippen LogP contribution < -0.4 is 0 Å². The monoisotopic (exact) mass is 1220 g/mol. The quantitative estimate of drug-likeness (QED) is 0.0792. The number of rotatable bonds is 0. The molecule has 0 aromatic rings. The number of nitrogens with zero attached hydrogens (tertiary/aromatic N) is 1. The van der Waals surface area contributed by atoms with E-state index < -0.39 is 126 Å². The fraction of sp³-hybridized carbons (Fsp3) is 0.500. The van der Waals surface area contributed by atoms with Gasteiger partial charge in [0.15, 0.2) is 0 Å². The maximum atomic E-state index is 8.82. The number of hydrogen-bond donors (Lipinski definition) is 12. The Morgan fingerprint density at radius 2 is 0.412 bits per heavy atom. The van der Waals surface area contributed by atoms with Gasteiger partial charge in [-0.15, -0.1) is 12.4 Å². The standard InChI is InChI=1S/C2H3N.ClH.6FH.12H2O.6O.6Sb/c1-2-3;;;;;;;;;;;;;;;;;;;;;;;;;;;;;;;/h1H3;7*1H;12*1H2;;;;;;;;;;;;/q;;;;;;;;;;;;;;;;;;;;;;;;;;6*+2/p-12. The first-order chi connectivity index (χ1) is 11.8. The minimum atomic E-state index is -3.70. The van der Waals surface area contributed by atoms with E-state index in [4.69, 9.17) is 64.0 Å². The van der Waals surface area contributed by atoms with E-state index in [-0.39, 0.29) is 40.6 Å². The Bertz CT molecular complexity index is 367. The molecule has 0 spiro atoms. The molecule has 0 aliphatic carbocycles. The minimum absolute atomic E-state index is 0. The van der Waals surface area contributed by atoms with Gasteiger partial charge in [-0.2, -0.15) is 5.26 Å². The summed E-state index contributed by atoms with van der Waals surface area (Å²) in [7, 11) is 0. The van der Waals surface area contributed by atoms with Crippen LogP contribution in [0.25, 0.3) is 0 Å². The zero-order valence-electron chi connectivity index (χ0n) is 15.3. The summed E-state index contributed by atoms with van der Waals surface area (Å²) in [6, 6.07) is 1.75. The van der Waals surface area contributed by atoms with Crippen LogP contribution in [0.3, 0.4) is 0 Å². The van der Waals surface area contributed by atoms with Gasteiger partial charge in [0.1, 0.15) is 0 Å². The van der Waals surface area contributed by atoms with Crippen molar-refractivity contribution < 1.29 is 87.0 Å². The molecule has 0 aromatic heterocycles. The summed E-state index contributed by atoms with van der Waals surface area (Å²) in [5, 5.41) is 7.32. The van der Waals surface area contributed by atoms with E-state index in [9.17, 15) is 0 Å². The third kappa shape index (κ3) is 5820. The van der Waals surface area contributed by atoms with E-state index in [1.807, 2.05) is 0 Å². The molecule has 0 amide bonds. The first-order valence-corrected chi connectivity index (χ1v) is 24.2. The third-order valence-electron chi connectivity index (χ3n) is 0. The summed E-state index contributed by atoms with van der Waals surface area (Å²) in [6.07, 6.45) is 0. The molecule has 0 fully saturated rings. The number of halogens is 7. The van der Waals surface area contributed by atoms with Crippen molar-refractivity contribution in [3.63, 3.8) is 0 Å². The summed E-state index contributed by atoms with van der Waals surface area (Å²) < 4.78 is 140. The molecule has 0 bridgehead atoms. The zero-order valence-corrected chi connectivity index (χ0v) is 31.4. The van der Waals surface area contributed by atoms with Crippen LogP contribution in [0.2, 0.25) is 0 Å². The molecule has 0 atom stereocenters. The molecule has 6 radical (unpaired) electrons. The Kier molecular flexibility index (Phi) is 244. The molecule has 0 aliphatic heterocycles. The van der Waals surface area contributed by atoms with Gasteiger partial charge in [0.2, 0.25) is 0 Å². The SMILES string of the molecule is CC#N.Cl.F.F.F.F.F.F.[O]=[Sb]([OH])[OH].[O]=[Sb]([OH])[OH].[O]=[Sb]([OH])[OH].[O]=[Sb]([OH])[OH].[O]=[Sb]([OH])[OH].[O]=[Sb]([OH])[OH]. The summed E-state index contributed by atoms with van der Waals surface area (Å²) in [6.45, 7) is 1.43. The van der Waals surface area contributed by atoms with Crippen molar-refractivity contribution in [3.8, 4) is 6.07 Å². The van der Waals surface area contributed by atoms with E-state index in [1.165, 1.54) is 6.92 Å². The van der Waals surface area contributed by atoms with Gasteiger partial charge in [-0.25, -0.2) is 0 Å². The van der Waals surface area contributed by atoms with Crippen molar-refractivity contribution >= 4 is 139 Å². The third-order valence-corrected chi connectivity index (χ3v) is 0. The van der Waals surface area contributed by atoms with Crippen molar-refractivity contribution in [2.45, 2.75) is 6.92 Å². The maximum absolute atomic E-state index is 8.82. The first-order valence-electron chi connectivity index (χ1n) is 4.22. The summed E-state index contributed by atoms with van der Waals surface area (Å²) in [5.74, 6) is 0. The Morgan fingerprint density at radius 3 is 0.412 bits per heavy atom. The topological polar surface area (TPSA) is 369 Å². The summed E-state index contributed by atoms with van der Waals surface area (Å²) in [5.41, 5.74) is 0. The molecule has 34 heavy (non-hydrogen) atoms. The molecule has 222 valence electrons. The van der Waals surface area contributed by atoms with Gasteiger partial charge >= 0.3 is 185 Å². The fourth-order valence-corrected chi connectivity index (χ4v) is 0. The molecule has 0 unspecified atom stereocenters.